The van der Waals surface area contributed by atoms with Gasteiger partial charge in [0.2, 0.25) is 0 Å². The van der Waals surface area contributed by atoms with Crippen molar-refractivity contribution in [2.45, 2.75) is 0 Å². The number of ether oxygens (including phenoxy) is 1. The molecule has 1 amide bonds. The van der Waals surface area contributed by atoms with Crippen LogP contribution in [0.4, 0.5) is 0 Å². The first kappa shape index (κ1) is 15.1. The lowest BCUT2D eigenvalue weighted by molar-refractivity contribution is 0.0963. The minimum Gasteiger partial charge on any atom is -0.497 e. The third-order valence-corrected chi connectivity index (χ3v) is 3.31. The Bertz CT molecular complexity index is 663. The Kier molecular flexibility index (Phi) is 5.01. The standard InChI is InChI=1S/C17H16ClNO2/c1-19-17(20)16-10-9-15(21-2)11-13(16)6-3-12-4-7-14(18)8-5-12/h3-11H,1-2H3,(H,19,20)/b6-3+. The van der Waals surface area contributed by atoms with Crippen LogP contribution in [0.3, 0.4) is 0 Å². The molecule has 1 N–H and O–H groups in total. The van der Waals surface area contributed by atoms with Gasteiger partial charge in [0.25, 0.3) is 5.91 Å². The van der Waals surface area contributed by atoms with E-state index in [1.165, 1.54) is 0 Å². The van der Waals surface area contributed by atoms with E-state index >= 15 is 0 Å². The number of halogens is 1. The molecular formula is C17H16ClNO2. The fourth-order valence-electron chi connectivity index (χ4n) is 1.91. The van der Waals surface area contributed by atoms with Crippen molar-refractivity contribution in [1.29, 1.82) is 0 Å². The van der Waals surface area contributed by atoms with Gasteiger partial charge >= 0.3 is 0 Å². The number of methoxy groups -OCH3 is 1. The monoisotopic (exact) mass is 301 g/mol. The molecule has 0 bridgehead atoms. The van der Waals surface area contributed by atoms with E-state index in [1.807, 2.05) is 42.5 Å². The Hall–Kier alpha value is -2.26. The molecule has 0 aliphatic rings. The van der Waals surface area contributed by atoms with E-state index in [4.69, 9.17) is 16.3 Å². The van der Waals surface area contributed by atoms with Gasteiger partial charge in [-0.15, -0.1) is 0 Å². The predicted octanol–water partition coefficient (Wildman–Crippen LogP) is 3.88. The summed E-state index contributed by atoms with van der Waals surface area (Å²) in [5, 5.41) is 3.33. The summed E-state index contributed by atoms with van der Waals surface area (Å²) in [5.74, 6) is 0.576. The lowest BCUT2D eigenvalue weighted by Crippen LogP contribution is -2.18. The average Bonchev–Trinajstić information content (AvgIpc) is 2.53. The quantitative estimate of drug-likeness (QED) is 0.870. The maximum atomic E-state index is 11.9. The molecule has 108 valence electrons. The molecule has 2 aromatic rings. The molecule has 21 heavy (non-hydrogen) atoms. The van der Waals surface area contributed by atoms with Gasteiger partial charge in [0.1, 0.15) is 5.75 Å². The van der Waals surface area contributed by atoms with Gasteiger partial charge in [-0.3, -0.25) is 4.79 Å². The van der Waals surface area contributed by atoms with E-state index in [0.717, 1.165) is 11.1 Å². The molecule has 0 heterocycles. The molecule has 2 rings (SSSR count). The van der Waals surface area contributed by atoms with Crippen molar-refractivity contribution in [1.82, 2.24) is 5.32 Å². The van der Waals surface area contributed by atoms with Crippen LogP contribution in [-0.4, -0.2) is 20.1 Å². The highest BCUT2D eigenvalue weighted by atomic mass is 35.5. The molecular weight excluding hydrogens is 286 g/mol. The number of amides is 1. The predicted molar refractivity (Wildman–Crippen MR) is 86.8 cm³/mol. The maximum Gasteiger partial charge on any atom is 0.251 e. The van der Waals surface area contributed by atoms with E-state index in [1.54, 1.807) is 26.3 Å². The third-order valence-electron chi connectivity index (χ3n) is 3.06. The van der Waals surface area contributed by atoms with Crippen molar-refractivity contribution in [3.8, 4) is 5.75 Å². The van der Waals surface area contributed by atoms with Gasteiger partial charge in [0.05, 0.1) is 7.11 Å². The number of carbonyl (C=O) groups excluding carboxylic acids is 1. The topological polar surface area (TPSA) is 38.3 Å². The van der Waals surface area contributed by atoms with E-state index in [2.05, 4.69) is 5.32 Å². The van der Waals surface area contributed by atoms with Gasteiger partial charge in [-0.25, -0.2) is 0 Å². The molecule has 0 saturated carbocycles. The van der Waals surface area contributed by atoms with Crippen LogP contribution in [0.2, 0.25) is 5.02 Å². The zero-order valence-corrected chi connectivity index (χ0v) is 12.6. The first-order chi connectivity index (χ1) is 10.1. The molecule has 4 heteroatoms. The number of hydrogen-bond donors (Lipinski definition) is 1. The molecule has 0 atom stereocenters. The lowest BCUT2D eigenvalue weighted by atomic mass is 10.0. The summed E-state index contributed by atoms with van der Waals surface area (Å²) in [4.78, 5) is 11.9. The van der Waals surface area contributed by atoms with Crippen molar-refractivity contribution < 1.29 is 9.53 Å². The van der Waals surface area contributed by atoms with Crippen LogP contribution in [-0.2, 0) is 0 Å². The fourth-order valence-corrected chi connectivity index (χ4v) is 2.03. The number of rotatable bonds is 4. The summed E-state index contributed by atoms with van der Waals surface area (Å²) in [7, 11) is 3.21. The number of carbonyl (C=O) groups is 1. The Morgan fingerprint density at radius 2 is 1.86 bits per heavy atom. The molecule has 0 aliphatic carbocycles. The van der Waals surface area contributed by atoms with Gasteiger partial charge in [-0.2, -0.15) is 0 Å². The highest BCUT2D eigenvalue weighted by molar-refractivity contribution is 6.30. The normalized spacial score (nSPS) is 10.6. The van der Waals surface area contributed by atoms with Crippen molar-refractivity contribution in [2.24, 2.45) is 0 Å². The zero-order chi connectivity index (χ0) is 15.2. The van der Waals surface area contributed by atoms with Crippen LogP contribution >= 0.6 is 11.6 Å². The van der Waals surface area contributed by atoms with Crippen LogP contribution in [0.5, 0.6) is 5.75 Å². The maximum absolute atomic E-state index is 11.9. The minimum absolute atomic E-state index is 0.131. The Labute approximate surface area is 129 Å². The van der Waals surface area contributed by atoms with E-state index in [9.17, 15) is 4.79 Å². The van der Waals surface area contributed by atoms with Crippen LogP contribution in [0, 0.1) is 0 Å². The van der Waals surface area contributed by atoms with Crippen molar-refractivity contribution in [3.63, 3.8) is 0 Å². The second kappa shape index (κ2) is 6.95. The molecule has 0 radical (unpaired) electrons. The number of hydrogen-bond acceptors (Lipinski definition) is 2. The summed E-state index contributed by atoms with van der Waals surface area (Å²) in [6.07, 6.45) is 3.81. The number of benzene rings is 2. The van der Waals surface area contributed by atoms with E-state index in [-0.39, 0.29) is 5.91 Å². The molecule has 0 fully saturated rings. The molecule has 0 unspecified atom stereocenters. The van der Waals surface area contributed by atoms with Crippen molar-refractivity contribution in [3.05, 3.63) is 64.2 Å². The van der Waals surface area contributed by atoms with Crippen molar-refractivity contribution in [2.75, 3.05) is 14.2 Å². The molecule has 0 saturated heterocycles. The first-order valence-corrected chi connectivity index (χ1v) is 6.85. The van der Waals surface area contributed by atoms with E-state index < -0.39 is 0 Å². The molecule has 0 aliphatic heterocycles. The largest absolute Gasteiger partial charge is 0.497 e. The van der Waals surface area contributed by atoms with Crippen LogP contribution in [0.15, 0.2) is 42.5 Å². The van der Waals surface area contributed by atoms with Crippen LogP contribution in [0.1, 0.15) is 21.5 Å². The second-order valence-electron chi connectivity index (χ2n) is 4.42. The molecule has 3 nitrogen and oxygen atoms in total. The number of nitrogens with one attached hydrogen (secondary N) is 1. The summed E-state index contributed by atoms with van der Waals surface area (Å²) in [6, 6.07) is 12.8. The summed E-state index contributed by atoms with van der Waals surface area (Å²) >= 11 is 5.86. The lowest BCUT2D eigenvalue weighted by Gasteiger charge is -2.07. The van der Waals surface area contributed by atoms with Gasteiger partial charge < -0.3 is 10.1 Å². The van der Waals surface area contributed by atoms with Crippen LogP contribution in [0.25, 0.3) is 12.2 Å². The molecule has 0 aromatic heterocycles. The summed E-state index contributed by atoms with van der Waals surface area (Å²) in [5.41, 5.74) is 2.40. The van der Waals surface area contributed by atoms with Crippen LogP contribution < -0.4 is 10.1 Å². The zero-order valence-electron chi connectivity index (χ0n) is 11.9. The van der Waals surface area contributed by atoms with Gasteiger partial charge in [0.15, 0.2) is 0 Å². The molecule has 2 aromatic carbocycles. The average molecular weight is 302 g/mol. The first-order valence-electron chi connectivity index (χ1n) is 6.48. The van der Waals surface area contributed by atoms with Gasteiger partial charge in [-0.1, -0.05) is 35.9 Å². The SMILES string of the molecule is CNC(=O)c1ccc(OC)cc1/C=C/c1ccc(Cl)cc1. The van der Waals surface area contributed by atoms with Crippen molar-refractivity contribution >= 4 is 29.7 Å². The third kappa shape index (κ3) is 3.86. The Morgan fingerprint density at radius 1 is 1.14 bits per heavy atom. The van der Waals surface area contributed by atoms with E-state index in [0.29, 0.717) is 16.3 Å². The summed E-state index contributed by atoms with van der Waals surface area (Å²) in [6.45, 7) is 0. The fraction of sp³-hybridized carbons (Fsp3) is 0.118. The highest BCUT2D eigenvalue weighted by Gasteiger charge is 2.08. The minimum atomic E-state index is -0.131. The molecule has 0 spiro atoms. The van der Waals surface area contributed by atoms with Gasteiger partial charge in [0, 0.05) is 17.6 Å². The second-order valence-corrected chi connectivity index (χ2v) is 4.85. The van der Waals surface area contributed by atoms with Gasteiger partial charge in [-0.05, 0) is 41.5 Å². The Morgan fingerprint density at radius 3 is 2.48 bits per heavy atom. The highest BCUT2D eigenvalue weighted by Crippen LogP contribution is 2.20. The summed E-state index contributed by atoms with van der Waals surface area (Å²) < 4.78 is 5.21. The smallest absolute Gasteiger partial charge is 0.251 e. The Balaban J connectivity index is 2.36.